The summed E-state index contributed by atoms with van der Waals surface area (Å²) in [7, 11) is -1.84. The number of nitrogens with one attached hydrogen (secondary N) is 1. The Bertz CT molecular complexity index is 491. The van der Waals surface area contributed by atoms with Crippen LogP contribution in [-0.2, 0) is 14.8 Å². The average Bonchev–Trinajstić information content (AvgIpc) is 2.32. The summed E-state index contributed by atoms with van der Waals surface area (Å²) in [5, 5.41) is 0. The van der Waals surface area contributed by atoms with Crippen molar-refractivity contribution in [3.05, 3.63) is 27.1 Å². The molecule has 0 atom stereocenters. The van der Waals surface area contributed by atoms with Gasteiger partial charge in [-0.3, -0.25) is 0 Å². The molecular weight excluding hydrogens is 386 g/mol. The number of hydrogen-bond acceptors (Lipinski definition) is 3. The van der Waals surface area contributed by atoms with Gasteiger partial charge in [0.2, 0.25) is 10.0 Å². The van der Waals surface area contributed by atoms with Crippen molar-refractivity contribution in [3.63, 3.8) is 0 Å². The van der Waals surface area contributed by atoms with Gasteiger partial charge >= 0.3 is 0 Å². The highest BCUT2D eigenvalue weighted by molar-refractivity contribution is 9.11. The zero-order valence-electron chi connectivity index (χ0n) is 9.95. The Morgan fingerprint density at radius 2 is 2.00 bits per heavy atom. The lowest BCUT2D eigenvalue weighted by Gasteiger charge is -2.08. The van der Waals surface area contributed by atoms with Crippen LogP contribution in [0.3, 0.4) is 0 Å². The molecule has 0 bridgehead atoms. The second kappa shape index (κ2) is 7.59. The molecule has 0 fully saturated rings. The van der Waals surface area contributed by atoms with Gasteiger partial charge in [0, 0.05) is 29.2 Å². The molecule has 0 aliphatic heterocycles. The van der Waals surface area contributed by atoms with Crippen LogP contribution in [0.1, 0.15) is 12.8 Å². The van der Waals surface area contributed by atoms with Crippen LogP contribution in [0.25, 0.3) is 0 Å². The third kappa shape index (κ3) is 4.97. The maximum Gasteiger partial charge on any atom is 0.241 e. The number of ether oxygens (including phenoxy) is 1. The second-order valence-electron chi connectivity index (χ2n) is 3.67. The Morgan fingerprint density at radius 1 is 1.28 bits per heavy atom. The molecule has 0 saturated heterocycles. The van der Waals surface area contributed by atoms with Crippen LogP contribution in [0.2, 0.25) is 0 Å². The van der Waals surface area contributed by atoms with Crippen molar-refractivity contribution >= 4 is 41.9 Å². The predicted molar refractivity (Wildman–Crippen MR) is 78.1 cm³/mol. The number of benzene rings is 1. The number of methoxy groups -OCH3 is 1. The lowest BCUT2D eigenvalue weighted by atomic mass is 10.3. The normalized spacial score (nSPS) is 11.7. The molecule has 0 amide bonds. The molecule has 1 rings (SSSR count). The van der Waals surface area contributed by atoms with Crippen molar-refractivity contribution in [2.24, 2.45) is 0 Å². The first kappa shape index (κ1) is 16.1. The van der Waals surface area contributed by atoms with E-state index in [1.807, 2.05) is 0 Å². The average molecular weight is 401 g/mol. The minimum Gasteiger partial charge on any atom is -0.385 e. The summed E-state index contributed by atoms with van der Waals surface area (Å²) in [6.07, 6.45) is 1.58. The molecule has 0 spiro atoms. The molecule has 0 radical (unpaired) electrons. The first-order valence-corrected chi connectivity index (χ1v) is 8.48. The van der Waals surface area contributed by atoms with Crippen molar-refractivity contribution in [2.75, 3.05) is 20.3 Å². The highest BCUT2D eigenvalue weighted by Gasteiger charge is 2.17. The number of halogens is 2. The minimum absolute atomic E-state index is 0.239. The van der Waals surface area contributed by atoms with Crippen LogP contribution in [0.4, 0.5) is 0 Å². The maximum atomic E-state index is 12.0. The Hall–Kier alpha value is 0.0500. The van der Waals surface area contributed by atoms with E-state index in [1.54, 1.807) is 25.3 Å². The number of unbranched alkanes of at least 4 members (excludes halogenated alkanes) is 1. The van der Waals surface area contributed by atoms with E-state index in [4.69, 9.17) is 4.74 Å². The fourth-order valence-corrected chi connectivity index (χ4v) is 3.91. The summed E-state index contributed by atoms with van der Waals surface area (Å²) in [5.74, 6) is 0. The number of sulfonamides is 1. The highest BCUT2D eigenvalue weighted by Crippen LogP contribution is 2.25. The molecule has 0 aliphatic carbocycles. The zero-order chi connectivity index (χ0) is 13.6. The van der Waals surface area contributed by atoms with E-state index in [9.17, 15) is 8.42 Å². The molecule has 0 unspecified atom stereocenters. The lowest BCUT2D eigenvalue weighted by molar-refractivity contribution is 0.193. The summed E-state index contributed by atoms with van der Waals surface area (Å²) in [6.45, 7) is 1.05. The van der Waals surface area contributed by atoms with Crippen molar-refractivity contribution in [1.29, 1.82) is 0 Å². The maximum absolute atomic E-state index is 12.0. The molecule has 0 aromatic heterocycles. The largest absolute Gasteiger partial charge is 0.385 e. The predicted octanol–water partition coefficient (Wildman–Crippen LogP) is 2.92. The third-order valence-electron chi connectivity index (χ3n) is 2.25. The van der Waals surface area contributed by atoms with Gasteiger partial charge in [-0.15, -0.1) is 0 Å². The monoisotopic (exact) mass is 399 g/mol. The molecule has 1 aromatic rings. The summed E-state index contributed by atoms with van der Waals surface area (Å²) in [6, 6.07) is 5.05. The van der Waals surface area contributed by atoms with Crippen LogP contribution in [0.15, 0.2) is 32.0 Å². The SMILES string of the molecule is COCCCCNS(=O)(=O)c1cc(Br)ccc1Br. The van der Waals surface area contributed by atoms with Crippen LogP contribution < -0.4 is 4.72 Å². The second-order valence-corrected chi connectivity index (χ2v) is 7.18. The number of rotatable bonds is 7. The Kier molecular flexibility index (Phi) is 6.79. The van der Waals surface area contributed by atoms with E-state index >= 15 is 0 Å². The van der Waals surface area contributed by atoms with Gasteiger partial charge in [0.25, 0.3) is 0 Å². The molecule has 0 heterocycles. The van der Waals surface area contributed by atoms with Gasteiger partial charge in [-0.05, 0) is 47.0 Å². The van der Waals surface area contributed by atoms with Gasteiger partial charge in [-0.2, -0.15) is 0 Å². The summed E-state index contributed by atoms with van der Waals surface area (Å²) < 4.78 is 32.8. The fourth-order valence-electron chi connectivity index (χ4n) is 1.34. The van der Waals surface area contributed by atoms with E-state index in [2.05, 4.69) is 36.6 Å². The Balaban J connectivity index is 2.66. The van der Waals surface area contributed by atoms with E-state index in [-0.39, 0.29) is 4.90 Å². The van der Waals surface area contributed by atoms with Crippen molar-refractivity contribution < 1.29 is 13.2 Å². The topological polar surface area (TPSA) is 55.4 Å². The molecule has 102 valence electrons. The quantitative estimate of drug-likeness (QED) is 0.716. The van der Waals surface area contributed by atoms with E-state index in [0.29, 0.717) is 17.6 Å². The van der Waals surface area contributed by atoms with E-state index < -0.39 is 10.0 Å². The van der Waals surface area contributed by atoms with Crippen LogP contribution in [0.5, 0.6) is 0 Å². The Morgan fingerprint density at radius 3 is 2.67 bits per heavy atom. The molecule has 18 heavy (non-hydrogen) atoms. The fraction of sp³-hybridized carbons (Fsp3) is 0.455. The van der Waals surface area contributed by atoms with Crippen LogP contribution in [0, 0.1) is 0 Å². The van der Waals surface area contributed by atoms with E-state index in [1.165, 1.54) is 0 Å². The van der Waals surface area contributed by atoms with E-state index in [0.717, 1.165) is 17.3 Å². The Labute approximate surface area is 124 Å². The van der Waals surface area contributed by atoms with Gasteiger partial charge in [0.15, 0.2) is 0 Å². The molecule has 0 aliphatic rings. The van der Waals surface area contributed by atoms with Gasteiger partial charge < -0.3 is 4.74 Å². The standard InChI is InChI=1S/C11H15Br2NO3S/c1-17-7-3-2-6-14-18(15,16)11-8-9(12)4-5-10(11)13/h4-5,8,14H,2-3,6-7H2,1H3. The summed E-state index contributed by atoms with van der Waals surface area (Å²) in [4.78, 5) is 0.239. The van der Waals surface area contributed by atoms with Gasteiger partial charge in [-0.25, -0.2) is 13.1 Å². The van der Waals surface area contributed by atoms with Crippen LogP contribution in [-0.4, -0.2) is 28.7 Å². The number of hydrogen-bond donors (Lipinski definition) is 1. The molecule has 1 aromatic carbocycles. The molecular formula is C11H15Br2NO3S. The summed E-state index contributed by atoms with van der Waals surface area (Å²) in [5.41, 5.74) is 0. The first-order chi connectivity index (χ1) is 8.47. The van der Waals surface area contributed by atoms with Gasteiger partial charge in [0.05, 0.1) is 4.90 Å². The van der Waals surface area contributed by atoms with Gasteiger partial charge in [-0.1, -0.05) is 15.9 Å². The lowest BCUT2D eigenvalue weighted by Crippen LogP contribution is -2.25. The van der Waals surface area contributed by atoms with Gasteiger partial charge in [0.1, 0.15) is 0 Å². The minimum atomic E-state index is -3.47. The zero-order valence-corrected chi connectivity index (χ0v) is 13.9. The molecule has 4 nitrogen and oxygen atoms in total. The van der Waals surface area contributed by atoms with Crippen LogP contribution >= 0.6 is 31.9 Å². The third-order valence-corrected chi connectivity index (χ3v) is 5.20. The molecule has 1 N–H and O–H groups in total. The smallest absolute Gasteiger partial charge is 0.241 e. The molecule has 0 saturated carbocycles. The highest BCUT2D eigenvalue weighted by atomic mass is 79.9. The summed E-state index contributed by atoms with van der Waals surface area (Å²) >= 11 is 6.50. The van der Waals surface area contributed by atoms with Crippen molar-refractivity contribution in [1.82, 2.24) is 4.72 Å². The van der Waals surface area contributed by atoms with Crippen molar-refractivity contribution in [3.8, 4) is 0 Å². The molecule has 7 heteroatoms. The van der Waals surface area contributed by atoms with Crippen molar-refractivity contribution in [2.45, 2.75) is 17.7 Å². The first-order valence-electron chi connectivity index (χ1n) is 5.41.